The van der Waals surface area contributed by atoms with Crippen LogP contribution in [0, 0.1) is 17.1 Å². The average molecular weight is 400 g/mol. The van der Waals surface area contributed by atoms with Gasteiger partial charge >= 0.3 is 5.97 Å². The predicted molar refractivity (Wildman–Crippen MR) is 104 cm³/mol. The molecule has 1 amide bonds. The number of amides is 1. The number of esters is 1. The lowest BCUT2D eigenvalue weighted by atomic mass is 9.81. The number of nitrogens with zero attached hydrogens (tertiary/aromatic N) is 2. The van der Waals surface area contributed by atoms with Gasteiger partial charge in [-0.1, -0.05) is 31.4 Å². The van der Waals surface area contributed by atoms with Crippen LogP contribution in [0.15, 0.2) is 36.4 Å². The number of benzene rings is 1. The van der Waals surface area contributed by atoms with Crippen molar-refractivity contribution in [3.8, 4) is 16.5 Å². The number of rotatable bonds is 5. The van der Waals surface area contributed by atoms with Gasteiger partial charge in [0.1, 0.15) is 16.2 Å². The minimum Gasteiger partial charge on any atom is -0.451 e. The van der Waals surface area contributed by atoms with Crippen molar-refractivity contribution in [2.24, 2.45) is 0 Å². The Bertz CT molecular complexity index is 895. The van der Waals surface area contributed by atoms with E-state index >= 15 is 0 Å². The summed E-state index contributed by atoms with van der Waals surface area (Å²) in [5.74, 6) is -1.29. The van der Waals surface area contributed by atoms with Gasteiger partial charge in [0.2, 0.25) is 0 Å². The van der Waals surface area contributed by atoms with Crippen LogP contribution in [0.3, 0.4) is 0 Å². The second kappa shape index (κ2) is 8.53. The molecule has 0 saturated heterocycles. The van der Waals surface area contributed by atoms with Crippen LogP contribution < -0.4 is 0 Å². The van der Waals surface area contributed by atoms with Gasteiger partial charge in [-0.2, -0.15) is 5.26 Å². The molecule has 146 valence electrons. The highest BCUT2D eigenvalue weighted by Gasteiger charge is 2.39. The maximum absolute atomic E-state index is 13.0. The summed E-state index contributed by atoms with van der Waals surface area (Å²) < 4.78 is 18.2. The zero-order valence-electron chi connectivity index (χ0n) is 15.6. The quantitative estimate of drug-likeness (QED) is 0.698. The largest absolute Gasteiger partial charge is 0.451 e. The Kier molecular flexibility index (Phi) is 6.10. The van der Waals surface area contributed by atoms with E-state index in [1.54, 1.807) is 31.3 Å². The third-order valence-corrected chi connectivity index (χ3v) is 6.28. The van der Waals surface area contributed by atoms with Crippen LogP contribution in [0.2, 0.25) is 0 Å². The first-order valence-electron chi connectivity index (χ1n) is 9.16. The standard InChI is InChI=1S/C21H21FN2O3S/c1-24(21(14-23)11-3-2-4-12-21)19(25)13-27-20(26)18-10-9-17(28-18)15-5-7-16(22)8-6-15/h5-10H,2-4,11-13H2,1H3. The number of nitriles is 1. The van der Waals surface area contributed by atoms with Gasteiger partial charge in [-0.25, -0.2) is 9.18 Å². The van der Waals surface area contributed by atoms with Crippen LogP contribution in [0.4, 0.5) is 4.39 Å². The van der Waals surface area contributed by atoms with Gasteiger partial charge in [-0.3, -0.25) is 4.79 Å². The molecule has 1 aliphatic rings. The minimum absolute atomic E-state index is 0.323. The molecule has 0 atom stereocenters. The smallest absolute Gasteiger partial charge is 0.348 e. The molecule has 3 rings (SSSR count). The third-order valence-electron chi connectivity index (χ3n) is 5.17. The molecule has 1 saturated carbocycles. The Labute approximate surface area is 167 Å². The molecule has 1 fully saturated rings. The monoisotopic (exact) mass is 400 g/mol. The molecular formula is C21H21FN2O3S. The first-order chi connectivity index (χ1) is 13.4. The maximum atomic E-state index is 13.0. The van der Waals surface area contributed by atoms with Crippen LogP contribution >= 0.6 is 11.3 Å². The zero-order valence-corrected chi connectivity index (χ0v) is 16.4. The van der Waals surface area contributed by atoms with E-state index < -0.39 is 18.1 Å². The van der Waals surface area contributed by atoms with E-state index in [1.165, 1.54) is 28.4 Å². The number of carbonyl (C=O) groups is 2. The van der Waals surface area contributed by atoms with Crippen molar-refractivity contribution >= 4 is 23.2 Å². The van der Waals surface area contributed by atoms with E-state index in [0.717, 1.165) is 29.7 Å². The lowest BCUT2D eigenvalue weighted by molar-refractivity contribution is -0.138. The van der Waals surface area contributed by atoms with Crippen LogP contribution in [0.1, 0.15) is 41.8 Å². The normalized spacial score (nSPS) is 15.5. The summed E-state index contributed by atoms with van der Waals surface area (Å²) in [6.45, 7) is -0.400. The molecular weight excluding hydrogens is 379 g/mol. The summed E-state index contributed by atoms with van der Waals surface area (Å²) in [6.07, 6.45) is 4.17. The second-order valence-electron chi connectivity index (χ2n) is 6.90. The summed E-state index contributed by atoms with van der Waals surface area (Å²) in [6, 6.07) is 11.7. The number of hydrogen-bond donors (Lipinski definition) is 0. The number of thiophene rings is 1. The molecule has 0 aliphatic heterocycles. The summed E-state index contributed by atoms with van der Waals surface area (Å²) in [7, 11) is 1.60. The SMILES string of the molecule is CN(C(=O)COC(=O)c1ccc(-c2ccc(F)cc2)s1)C1(C#N)CCCCC1. The fraction of sp³-hybridized carbons (Fsp3) is 0.381. The van der Waals surface area contributed by atoms with Crippen molar-refractivity contribution in [1.82, 2.24) is 4.90 Å². The fourth-order valence-corrected chi connectivity index (χ4v) is 4.31. The molecule has 0 bridgehead atoms. The van der Waals surface area contributed by atoms with Gasteiger partial charge in [0, 0.05) is 11.9 Å². The predicted octanol–water partition coefficient (Wildman–Crippen LogP) is 4.40. The van der Waals surface area contributed by atoms with E-state index in [4.69, 9.17) is 4.74 Å². The van der Waals surface area contributed by atoms with Gasteiger partial charge in [-0.15, -0.1) is 11.3 Å². The Morgan fingerprint density at radius 1 is 1.18 bits per heavy atom. The number of halogens is 1. The van der Waals surface area contributed by atoms with Crippen molar-refractivity contribution in [2.45, 2.75) is 37.6 Å². The van der Waals surface area contributed by atoms with Crippen LogP contribution in [-0.4, -0.2) is 36.0 Å². The molecule has 1 heterocycles. The molecule has 1 aromatic carbocycles. The first-order valence-corrected chi connectivity index (χ1v) is 9.98. The summed E-state index contributed by atoms with van der Waals surface area (Å²) >= 11 is 1.22. The van der Waals surface area contributed by atoms with E-state index in [0.29, 0.717) is 17.7 Å². The van der Waals surface area contributed by atoms with Crippen molar-refractivity contribution < 1.29 is 18.7 Å². The zero-order chi connectivity index (χ0) is 20.1. The first kappa shape index (κ1) is 20.0. The molecule has 1 aliphatic carbocycles. The van der Waals surface area contributed by atoms with Gasteiger partial charge < -0.3 is 9.64 Å². The lowest BCUT2D eigenvalue weighted by Crippen LogP contribution is -2.51. The Hall–Kier alpha value is -2.72. The summed E-state index contributed by atoms with van der Waals surface area (Å²) in [5, 5.41) is 9.57. The topological polar surface area (TPSA) is 70.4 Å². The van der Waals surface area contributed by atoms with Crippen molar-refractivity contribution in [3.05, 3.63) is 47.1 Å². The highest BCUT2D eigenvalue weighted by molar-refractivity contribution is 7.17. The number of carbonyl (C=O) groups excluding carboxylic acids is 2. The second-order valence-corrected chi connectivity index (χ2v) is 7.99. The summed E-state index contributed by atoms with van der Waals surface area (Å²) in [5.41, 5.74) is -0.00465. The Balaban J connectivity index is 1.60. The van der Waals surface area contributed by atoms with Crippen molar-refractivity contribution in [3.63, 3.8) is 0 Å². The molecule has 0 N–H and O–H groups in total. The number of ether oxygens (including phenoxy) is 1. The van der Waals surface area contributed by atoms with Gasteiger partial charge in [0.05, 0.1) is 6.07 Å². The molecule has 2 aromatic rings. The van der Waals surface area contributed by atoms with Crippen molar-refractivity contribution in [2.75, 3.05) is 13.7 Å². The lowest BCUT2D eigenvalue weighted by Gasteiger charge is -2.38. The van der Waals surface area contributed by atoms with Crippen molar-refractivity contribution in [1.29, 1.82) is 5.26 Å². The molecule has 28 heavy (non-hydrogen) atoms. The average Bonchev–Trinajstić information content (AvgIpc) is 3.22. The molecule has 1 aromatic heterocycles. The molecule has 0 unspecified atom stereocenters. The van der Waals surface area contributed by atoms with Crippen LogP contribution in [0.5, 0.6) is 0 Å². The minimum atomic E-state index is -0.805. The van der Waals surface area contributed by atoms with Gasteiger partial charge in [0.15, 0.2) is 6.61 Å². The van der Waals surface area contributed by atoms with E-state index in [2.05, 4.69) is 6.07 Å². The maximum Gasteiger partial charge on any atom is 0.348 e. The van der Waals surface area contributed by atoms with E-state index in [9.17, 15) is 19.2 Å². The fourth-order valence-electron chi connectivity index (χ4n) is 3.41. The van der Waals surface area contributed by atoms with E-state index in [1.807, 2.05) is 0 Å². The number of likely N-dealkylation sites (N-methyl/N-ethyl adjacent to an activating group) is 1. The van der Waals surface area contributed by atoms with Gasteiger partial charge in [0.25, 0.3) is 5.91 Å². The molecule has 7 heteroatoms. The molecule has 0 radical (unpaired) electrons. The Morgan fingerprint density at radius 3 is 2.50 bits per heavy atom. The highest BCUT2D eigenvalue weighted by atomic mass is 32.1. The van der Waals surface area contributed by atoms with Crippen LogP contribution in [0.25, 0.3) is 10.4 Å². The summed E-state index contributed by atoms with van der Waals surface area (Å²) in [4.78, 5) is 27.4. The van der Waals surface area contributed by atoms with E-state index in [-0.39, 0.29) is 11.7 Å². The number of hydrogen-bond acceptors (Lipinski definition) is 5. The molecule has 5 nitrogen and oxygen atoms in total. The highest BCUT2D eigenvalue weighted by Crippen LogP contribution is 2.32. The van der Waals surface area contributed by atoms with Crippen LogP contribution in [-0.2, 0) is 9.53 Å². The van der Waals surface area contributed by atoms with Gasteiger partial charge in [-0.05, 0) is 42.7 Å². The Morgan fingerprint density at radius 2 is 1.86 bits per heavy atom. The third kappa shape index (κ3) is 4.23. The molecule has 0 spiro atoms.